The number of benzene rings is 3. The molecule has 0 aliphatic carbocycles. The molecule has 1 aliphatic heterocycles. The standard InChI is InChI=1S/C24H19BrO3/c1-15-3-5-18(6-4-15)14-27-21-12-11-20-23(26)22(28-24(20)16(21)2)13-17-7-9-19(25)10-8-17/h3-13H,14H2,1-2H3/b22-13-. The third kappa shape index (κ3) is 3.73. The highest BCUT2D eigenvalue weighted by Crippen LogP contribution is 2.39. The van der Waals surface area contributed by atoms with Crippen molar-refractivity contribution >= 4 is 27.8 Å². The van der Waals surface area contributed by atoms with Gasteiger partial charge in [-0.15, -0.1) is 0 Å². The van der Waals surface area contributed by atoms with Crippen molar-refractivity contribution in [3.8, 4) is 11.5 Å². The van der Waals surface area contributed by atoms with Crippen molar-refractivity contribution in [2.75, 3.05) is 0 Å². The van der Waals surface area contributed by atoms with E-state index in [1.54, 1.807) is 12.1 Å². The highest BCUT2D eigenvalue weighted by Gasteiger charge is 2.30. The second kappa shape index (κ2) is 7.64. The number of carbonyl (C=O) groups excluding carboxylic acids is 1. The number of fused-ring (bicyclic) bond motifs is 1. The molecule has 0 atom stereocenters. The smallest absolute Gasteiger partial charge is 0.231 e. The van der Waals surface area contributed by atoms with Gasteiger partial charge in [-0.05, 0) is 55.3 Å². The number of rotatable bonds is 4. The molecule has 1 aliphatic rings. The molecule has 0 radical (unpaired) electrons. The SMILES string of the molecule is Cc1ccc(COc2ccc3c(c2C)O/C(=C\c2ccc(Br)cc2)C3=O)cc1. The normalized spacial score (nSPS) is 14.1. The Morgan fingerprint density at radius 1 is 0.964 bits per heavy atom. The molecular weight excluding hydrogens is 416 g/mol. The van der Waals surface area contributed by atoms with Crippen molar-refractivity contribution in [3.05, 3.63) is 98.7 Å². The van der Waals surface area contributed by atoms with Gasteiger partial charge in [0.05, 0.1) is 5.56 Å². The molecule has 0 unspecified atom stereocenters. The molecule has 0 saturated heterocycles. The third-order valence-electron chi connectivity index (χ3n) is 4.72. The molecule has 1 heterocycles. The van der Waals surface area contributed by atoms with Gasteiger partial charge in [0, 0.05) is 10.0 Å². The molecular formula is C24H19BrO3. The van der Waals surface area contributed by atoms with E-state index in [9.17, 15) is 4.79 Å². The molecule has 0 saturated carbocycles. The summed E-state index contributed by atoms with van der Waals surface area (Å²) in [5.74, 6) is 1.52. The van der Waals surface area contributed by atoms with Gasteiger partial charge < -0.3 is 9.47 Å². The summed E-state index contributed by atoms with van der Waals surface area (Å²) in [7, 11) is 0. The number of carbonyl (C=O) groups is 1. The molecule has 0 bridgehead atoms. The first-order valence-electron chi connectivity index (χ1n) is 9.03. The molecule has 0 fully saturated rings. The van der Waals surface area contributed by atoms with E-state index in [1.807, 2.05) is 37.3 Å². The molecule has 3 aromatic rings. The Morgan fingerprint density at radius 3 is 2.39 bits per heavy atom. The number of ketones is 1. The van der Waals surface area contributed by atoms with E-state index in [0.29, 0.717) is 23.7 Å². The van der Waals surface area contributed by atoms with Crippen molar-refractivity contribution in [2.45, 2.75) is 20.5 Å². The first kappa shape index (κ1) is 18.5. The largest absolute Gasteiger partial charge is 0.488 e. The molecule has 28 heavy (non-hydrogen) atoms. The quantitative estimate of drug-likeness (QED) is 0.454. The number of ether oxygens (including phenoxy) is 2. The lowest BCUT2D eigenvalue weighted by atomic mass is 10.1. The molecule has 3 nitrogen and oxygen atoms in total. The van der Waals surface area contributed by atoms with Crippen LogP contribution in [0.4, 0.5) is 0 Å². The molecule has 0 amide bonds. The maximum absolute atomic E-state index is 12.7. The zero-order valence-corrected chi connectivity index (χ0v) is 17.2. The lowest BCUT2D eigenvalue weighted by Crippen LogP contribution is -1.98. The summed E-state index contributed by atoms with van der Waals surface area (Å²) in [5.41, 5.74) is 4.63. The zero-order chi connectivity index (χ0) is 19.7. The monoisotopic (exact) mass is 434 g/mol. The van der Waals surface area contributed by atoms with Gasteiger partial charge in [0.2, 0.25) is 5.78 Å². The average Bonchev–Trinajstić information content (AvgIpc) is 3.01. The molecule has 3 aromatic carbocycles. The van der Waals surface area contributed by atoms with Gasteiger partial charge in [-0.1, -0.05) is 57.9 Å². The van der Waals surface area contributed by atoms with Gasteiger partial charge in [-0.2, -0.15) is 0 Å². The highest BCUT2D eigenvalue weighted by molar-refractivity contribution is 9.10. The van der Waals surface area contributed by atoms with E-state index < -0.39 is 0 Å². The Labute approximate surface area is 172 Å². The first-order chi connectivity index (χ1) is 13.5. The molecule has 4 rings (SSSR count). The van der Waals surface area contributed by atoms with Crippen molar-refractivity contribution < 1.29 is 14.3 Å². The van der Waals surface area contributed by atoms with Gasteiger partial charge in [-0.25, -0.2) is 0 Å². The van der Waals surface area contributed by atoms with E-state index in [2.05, 4.69) is 47.1 Å². The predicted molar refractivity (Wildman–Crippen MR) is 114 cm³/mol. The fraction of sp³-hybridized carbons (Fsp3) is 0.125. The van der Waals surface area contributed by atoms with Gasteiger partial charge in [0.15, 0.2) is 5.76 Å². The van der Waals surface area contributed by atoms with Crippen LogP contribution in [0.2, 0.25) is 0 Å². The van der Waals surface area contributed by atoms with Crippen LogP contribution in [-0.2, 0) is 6.61 Å². The Hall–Kier alpha value is -2.85. The number of allylic oxidation sites excluding steroid dienone is 1. The summed E-state index contributed by atoms with van der Waals surface area (Å²) >= 11 is 3.41. The van der Waals surface area contributed by atoms with E-state index in [-0.39, 0.29) is 5.78 Å². The fourth-order valence-electron chi connectivity index (χ4n) is 3.08. The molecule has 0 spiro atoms. The van der Waals surface area contributed by atoms with Crippen LogP contribution in [-0.4, -0.2) is 5.78 Å². The van der Waals surface area contributed by atoms with Crippen molar-refractivity contribution in [3.63, 3.8) is 0 Å². The predicted octanol–water partition coefficient (Wildman–Crippen LogP) is 6.26. The molecule has 0 N–H and O–H groups in total. The molecule has 0 aromatic heterocycles. The van der Waals surface area contributed by atoms with E-state index in [0.717, 1.165) is 26.9 Å². The number of hydrogen-bond donors (Lipinski definition) is 0. The van der Waals surface area contributed by atoms with Crippen LogP contribution in [0.5, 0.6) is 11.5 Å². The topological polar surface area (TPSA) is 35.5 Å². The molecule has 140 valence electrons. The van der Waals surface area contributed by atoms with Gasteiger partial charge >= 0.3 is 0 Å². The second-order valence-corrected chi connectivity index (χ2v) is 7.75. The van der Waals surface area contributed by atoms with E-state index in [4.69, 9.17) is 9.47 Å². The lowest BCUT2D eigenvalue weighted by molar-refractivity contribution is 0.101. The fourth-order valence-corrected chi connectivity index (χ4v) is 3.34. The lowest BCUT2D eigenvalue weighted by Gasteiger charge is -2.11. The minimum absolute atomic E-state index is 0.105. The van der Waals surface area contributed by atoms with Crippen LogP contribution >= 0.6 is 15.9 Å². The van der Waals surface area contributed by atoms with Gasteiger partial charge in [0.25, 0.3) is 0 Å². The summed E-state index contributed by atoms with van der Waals surface area (Å²) in [5, 5.41) is 0. The van der Waals surface area contributed by atoms with Crippen LogP contribution < -0.4 is 9.47 Å². The Bertz CT molecular complexity index is 1060. The van der Waals surface area contributed by atoms with Crippen LogP contribution in [0.15, 0.2) is 70.9 Å². The highest BCUT2D eigenvalue weighted by atomic mass is 79.9. The van der Waals surface area contributed by atoms with Crippen molar-refractivity contribution in [1.82, 2.24) is 0 Å². The summed E-state index contributed by atoms with van der Waals surface area (Å²) < 4.78 is 12.9. The first-order valence-corrected chi connectivity index (χ1v) is 9.82. The van der Waals surface area contributed by atoms with Crippen LogP contribution in [0.25, 0.3) is 6.08 Å². The summed E-state index contributed by atoms with van der Waals surface area (Å²) in [6.07, 6.45) is 1.76. The average molecular weight is 435 g/mol. The summed E-state index contributed by atoms with van der Waals surface area (Å²) in [4.78, 5) is 12.7. The minimum Gasteiger partial charge on any atom is -0.488 e. The zero-order valence-electron chi connectivity index (χ0n) is 15.7. The maximum atomic E-state index is 12.7. The van der Waals surface area contributed by atoms with Crippen LogP contribution in [0, 0.1) is 13.8 Å². The second-order valence-electron chi connectivity index (χ2n) is 6.83. The number of Topliss-reactive ketones (excluding diaryl/α,β-unsaturated/α-hetero) is 1. The number of halogens is 1. The Morgan fingerprint density at radius 2 is 1.68 bits per heavy atom. The minimum atomic E-state index is -0.105. The van der Waals surface area contributed by atoms with Gasteiger partial charge in [0.1, 0.15) is 18.1 Å². The van der Waals surface area contributed by atoms with Crippen LogP contribution in [0.1, 0.15) is 32.6 Å². The summed E-state index contributed by atoms with van der Waals surface area (Å²) in [6.45, 7) is 4.44. The Balaban J connectivity index is 1.56. The third-order valence-corrected chi connectivity index (χ3v) is 5.25. The maximum Gasteiger partial charge on any atom is 0.231 e. The van der Waals surface area contributed by atoms with Crippen molar-refractivity contribution in [1.29, 1.82) is 0 Å². The van der Waals surface area contributed by atoms with E-state index >= 15 is 0 Å². The van der Waals surface area contributed by atoms with Gasteiger partial charge in [-0.3, -0.25) is 4.79 Å². The van der Waals surface area contributed by atoms with Crippen LogP contribution in [0.3, 0.4) is 0 Å². The Kier molecular flexibility index (Phi) is 5.05. The number of hydrogen-bond acceptors (Lipinski definition) is 3. The number of aryl methyl sites for hydroxylation is 1. The molecule has 4 heteroatoms. The van der Waals surface area contributed by atoms with Crippen molar-refractivity contribution in [2.24, 2.45) is 0 Å². The van der Waals surface area contributed by atoms with E-state index in [1.165, 1.54) is 5.56 Å². The summed E-state index contributed by atoms with van der Waals surface area (Å²) in [6, 6.07) is 19.6.